The predicted octanol–water partition coefficient (Wildman–Crippen LogP) is -1.32. The molecule has 5 nitrogen and oxygen atoms in total. The van der Waals surface area contributed by atoms with Gasteiger partial charge in [-0.2, -0.15) is 0 Å². The molecule has 5 heteroatoms. The molecule has 1 saturated heterocycles. The number of hydrogen-bond donors (Lipinski definition) is 3. The van der Waals surface area contributed by atoms with E-state index in [-0.39, 0.29) is 31.5 Å². The van der Waals surface area contributed by atoms with Gasteiger partial charge in [0.1, 0.15) is 0 Å². The molecule has 0 radical (unpaired) electrons. The highest BCUT2D eigenvalue weighted by Crippen LogP contribution is 2.12. The van der Waals surface area contributed by atoms with Crippen molar-refractivity contribution in [2.45, 2.75) is 38.0 Å². The number of carbonyl (C=O) groups excluding carboxylic acids is 1. The summed E-state index contributed by atoms with van der Waals surface area (Å²) in [5.74, 6) is -0.0880. The van der Waals surface area contributed by atoms with Gasteiger partial charge in [0.25, 0.3) is 0 Å². The predicted molar refractivity (Wildman–Crippen MR) is 51.5 cm³/mol. The zero-order valence-corrected chi connectivity index (χ0v) is 8.39. The topological polar surface area (TPSA) is 86.8 Å². The van der Waals surface area contributed by atoms with E-state index in [0.29, 0.717) is 0 Å². The van der Waals surface area contributed by atoms with Gasteiger partial charge in [-0.1, -0.05) is 6.92 Å². The standard InChI is InChI=1S/C9H18N2O3/c1-2-6(10)3-9(14)11-4-7(12)8(13)5-11/h6-8,12-13H,2-5,10H2,1H3. The summed E-state index contributed by atoms with van der Waals surface area (Å²) in [6.45, 7) is 2.36. The Morgan fingerprint density at radius 3 is 2.43 bits per heavy atom. The van der Waals surface area contributed by atoms with Gasteiger partial charge in [-0.3, -0.25) is 4.79 Å². The first-order valence-electron chi connectivity index (χ1n) is 4.94. The average Bonchev–Trinajstić information content (AvgIpc) is 2.47. The lowest BCUT2D eigenvalue weighted by atomic mass is 10.1. The highest BCUT2D eigenvalue weighted by atomic mass is 16.3. The summed E-state index contributed by atoms with van der Waals surface area (Å²) in [5.41, 5.74) is 5.64. The fourth-order valence-electron chi connectivity index (χ4n) is 1.47. The Morgan fingerprint density at radius 2 is 2.00 bits per heavy atom. The number of nitrogens with two attached hydrogens (primary N) is 1. The van der Waals surface area contributed by atoms with Crippen molar-refractivity contribution in [2.75, 3.05) is 13.1 Å². The summed E-state index contributed by atoms with van der Waals surface area (Å²) in [7, 11) is 0. The van der Waals surface area contributed by atoms with Crippen molar-refractivity contribution < 1.29 is 15.0 Å². The van der Waals surface area contributed by atoms with Crippen molar-refractivity contribution in [2.24, 2.45) is 5.73 Å². The van der Waals surface area contributed by atoms with Gasteiger partial charge in [0.05, 0.1) is 12.2 Å². The minimum absolute atomic E-state index is 0.0880. The van der Waals surface area contributed by atoms with E-state index in [4.69, 9.17) is 5.73 Å². The summed E-state index contributed by atoms with van der Waals surface area (Å²) in [5, 5.41) is 18.5. The average molecular weight is 202 g/mol. The van der Waals surface area contributed by atoms with E-state index in [9.17, 15) is 15.0 Å². The number of nitrogens with zero attached hydrogens (tertiary/aromatic N) is 1. The number of likely N-dealkylation sites (tertiary alicyclic amines) is 1. The van der Waals surface area contributed by atoms with Gasteiger partial charge >= 0.3 is 0 Å². The Labute approximate surface area is 83.5 Å². The third-order valence-electron chi connectivity index (χ3n) is 2.57. The molecule has 1 heterocycles. The van der Waals surface area contributed by atoms with Crippen molar-refractivity contribution >= 4 is 5.91 Å². The van der Waals surface area contributed by atoms with E-state index in [1.807, 2.05) is 6.92 Å². The molecule has 0 aromatic carbocycles. The largest absolute Gasteiger partial charge is 0.388 e. The summed E-state index contributed by atoms with van der Waals surface area (Å²) >= 11 is 0. The number of amides is 1. The molecule has 14 heavy (non-hydrogen) atoms. The van der Waals surface area contributed by atoms with Crippen LogP contribution in [0.25, 0.3) is 0 Å². The molecule has 3 atom stereocenters. The Morgan fingerprint density at radius 1 is 1.50 bits per heavy atom. The molecular formula is C9H18N2O3. The third-order valence-corrected chi connectivity index (χ3v) is 2.57. The maximum Gasteiger partial charge on any atom is 0.224 e. The zero-order valence-electron chi connectivity index (χ0n) is 8.39. The molecule has 1 rings (SSSR count). The van der Waals surface area contributed by atoms with Gasteiger partial charge < -0.3 is 20.8 Å². The molecule has 0 spiro atoms. The summed E-state index contributed by atoms with van der Waals surface area (Å²) in [6.07, 6.45) is -0.575. The van der Waals surface area contributed by atoms with Gasteiger partial charge in [-0.15, -0.1) is 0 Å². The molecule has 4 N–H and O–H groups in total. The highest BCUT2D eigenvalue weighted by molar-refractivity contribution is 5.77. The number of hydrogen-bond acceptors (Lipinski definition) is 4. The summed E-state index contributed by atoms with van der Waals surface area (Å²) in [4.78, 5) is 13.0. The molecular weight excluding hydrogens is 184 g/mol. The quantitative estimate of drug-likeness (QED) is 0.529. The monoisotopic (exact) mass is 202 g/mol. The smallest absolute Gasteiger partial charge is 0.224 e. The first kappa shape index (κ1) is 11.4. The van der Waals surface area contributed by atoms with Crippen molar-refractivity contribution in [3.63, 3.8) is 0 Å². The minimum Gasteiger partial charge on any atom is -0.388 e. The van der Waals surface area contributed by atoms with Crippen LogP contribution in [0.2, 0.25) is 0 Å². The molecule has 0 saturated carbocycles. The molecule has 3 unspecified atom stereocenters. The van der Waals surface area contributed by atoms with E-state index in [1.165, 1.54) is 4.90 Å². The first-order valence-corrected chi connectivity index (χ1v) is 4.94. The van der Waals surface area contributed by atoms with Crippen molar-refractivity contribution in [3.8, 4) is 0 Å². The number of aliphatic hydroxyl groups is 2. The number of carbonyl (C=O) groups is 1. The van der Waals surface area contributed by atoms with Crippen LogP contribution in [0, 0.1) is 0 Å². The van der Waals surface area contributed by atoms with Gasteiger partial charge in [-0.25, -0.2) is 0 Å². The maximum absolute atomic E-state index is 11.5. The molecule has 0 aromatic heterocycles. The zero-order chi connectivity index (χ0) is 10.7. The van der Waals surface area contributed by atoms with Crippen molar-refractivity contribution in [1.29, 1.82) is 0 Å². The van der Waals surface area contributed by atoms with Crippen molar-refractivity contribution in [3.05, 3.63) is 0 Å². The fraction of sp³-hybridized carbons (Fsp3) is 0.889. The number of rotatable bonds is 3. The van der Waals surface area contributed by atoms with Crippen LogP contribution >= 0.6 is 0 Å². The molecule has 0 aliphatic carbocycles. The lowest BCUT2D eigenvalue weighted by molar-refractivity contribution is -0.131. The van der Waals surface area contributed by atoms with Crippen LogP contribution in [0.15, 0.2) is 0 Å². The second-order valence-corrected chi connectivity index (χ2v) is 3.81. The second kappa shape index (κ2) is 4.72. The molecule has 0 aromatic rings. The minimum atomic E-state index is -0.809. The normalized spacial score (nSPS) is 29.3. The number of aliphatic hydroxyl groups excluding tert-OH is 2. The van der Waals surface area contributed by atoms with Crippen LogP contribution in [-0.2, 0) is 4.79 Å². The number of β-amino-alcohol motifs (C(OH)–C–C–N with tert-alkyl or cyclic N) is 2. The molecule has 1 fully saturated rings. The van der Waals surface area contributed by atoms with E-state index in [0.717, 1.165) is 6.42 Å². The highest BCUT2D eigenvalue weighted by Gasteiger charge is 2.32. The van der Waals surface area contributed by atoms with Gasteiger partial charge in [0.2, 0.25) is 5.91 Å². The van der Waals surface area contributed by atoms with E-state index in [1.54, 1.807) is 0 Å². The lowest BCUT2D eigenvalue weighted by Gasteiger charge is -2.17. The lowest BCUT2D eigenvalue weighted by Crippen LogP contribution is -2.34. The third kappa shape index (κ3) is 2.67. The van der Waals surface area contributed by atoms with Crippen molar-refractivity contribution in [1.82, 2.24) is 4.90 Å². The van der Waals surface area contributed by atoms with Crippen LogP contribution in [0.4, 0.5) is 0 Å². The van der Waals surface area contributed by atoms with Crippen LogP contribution in [-0.4, -0.2) is 52.4 Å². The van der Waals surface area contributed by atoms with E-state index in [2.05, 4.69) is 0 Å². The van der Waals surface area contributed by atoms with Gasteiger partial charge in [0, 0.05) is 25.6 Å². The summed E-state index contributed by atoms with van der Waals surface area (Å²) in [6, 6.07) is -0.127. The van der Waals surface area contributed by atoms with Crippen LogP contribution < -0.4 is 5.73 Å². The molecule has 1 aliphatic heterocycles. The van der Waals surface area contributed by atoms with E-state index >= 15 is 0 Å². The van der Waals surface area contributed by atoms with Crippen LogP contribution in [0.3, 0.4) is 0 Å². The Hall–Kier alpha value is -0.650. The summed E-state index contributed by atoms with van der Waals surface area (Å²) < 4.78 is 0. The molecule has 82 valence electrons. The van der Waals surface area contributed by atoms with Gasteiger partial charge in [0.15, 0.2) is 0 Å². The Kier molecular flexibility index (Phi) is 3.86. The fourth-order valence-corrected chi connectivity index (χ4v) is 1.47. The Balaban J connectivity index is 2.39. The van der Waals surface area contributed by atoms with Crippen LogP contribution in [0.1, 0.15) is 19.8 Å². The molecule has 0 bridgehead atoms. The first-order chi connectivity index (χ1) is 6.54. The van der Waals surface area contributed by atoms with Gasteiger partial charge in [-0.05, 0) is 6.42 Å². The molecule has 1 amide bonds. The second-order valence-electron chi connectivity index (χ2n) is 3.81. The SMILES string of the molecule is CCC(N)CC(=O)N1CC(O)C(O)C1. The molecule has 1 aliphatic rings. The Bertz CT molecular complexity index is 200. The maximum atomic E-state index is 11.5. The van der Waals surface area contributed by atoms with Crippen LogP contribution in [0.5, 0.6) is 0 Å². The van der Waals surface area contributed by atoms with E-state index < -0.39 is 12.2 Å².